The normalized spacial score (nSPS) is 11.0. The molecule has 0 saturated carbocycles. The molecule has 0 aliphatic heterocycles. The van der Waals surface area contributed by atoms with Gasteiger partial charge in [0.1, 0.15) is 27.5 Å². The van der Waals surface area contributed by atoms with Crippen LogP contribution in [0.5, 0.6) is 23.0 Å². The molecule has 0 aliphatic carbocycles. The molecule has 0 unspecified atom stereocenters. The molecule has 0 atom stereocenters. The average Bonchev–Trinajstić information content (AvgIpc) is 3.24. The number of nitrogens with zero attached hydrogens (tertiary/aromatic N) is 2. The molecular formula is C50H35BrN2O2. The van der Waals surface area contributed by atoms with E-state index in [2.05, 4.69) is 196 Å². The van der Waals surface area contributed by atoms with Crippen LogP contribution in [0.4, 0.5) is 34.1 Å². The molecule has 9 rings (SSSR count). The van der Waals surface area contributed by atoms with Crippen LogP contribution in [0.1, 0.15) is 0 Å². The van der Waals surface area contributed by atoms with Crippen LogP contribution in [0.2, 0.25) is 0 Å². The van der Waals surface area contributed by atoms with E-state index in [-0.39, 0.29) is 0 Å². The molecule has 0 aliphatic rings. The molecule has 9 aromatic carbocycles. The summed E-state index contributed by atoms with van der Waals surface area (Å²) in [4.78, 5) is 4.55. The fourth-order valence-corrected chi connectivity index (χ4v) is 7.51. The largest absolute Gasteiger partial charge is 0.456 e. The van der Waals surface area contributed by atoms with Crippen LogP contribution in [-0.4, -0.2) is 0 Å². The summed E-state index contributed by atoms with van der Waals surface area (Å²) in [6, 6.07) is 72.8. The minimum absolute atomic E-state index is 0.640. The van der Waals surface area contributed by atoms with Crippen LogP contribution in [0, 0.1) is 0 Å². The van der Waals surface area contributed by atoms with E-state index < -0.39 is 0 Å². The Hall–Kier alpha value is -6.82. The van der Waals surface area contributed by atoms with Crippen molar-refractivity contribution in [2.75, 3.05) is 9.80 Å². The number of benzene rings is 9. The number of anilines is 6. The summed E-state index contributed by atoms with van der Waals surface area (Å²) in [6.45, 7) is 0. The van der Waals surface area contributed by atoms with Crippen LogP contribution in [-0.2, 0) is 0 Å². The Labute approximate surface area is 329 Å². The first kappa shape index (κ1) is 34.0. The second-order valence-corrected chi connectivity index (χ2v) is 13.9. The molecular weight excluding hydrogens is 740 g/mol. The number of hydrogen-bond acceptors (Lipinski definition) is 4. The third kappa shape index (κ3) is 7.01. The highest BCUT2D eigenvalue weighted by atomic mass is 79.9. The van der Waals surface area contributed by atoms with E-state index in [1.54, 1.807) is 0 Å². The summed E-state index contributed by atoms with van der Waals surface area (Å²) < 4.78 is 14.2. The summed E-state index contributed by atoms with van der Waals surface area (Å²) in [5.41, 5.74) is 6.25. The van der Waals surface area contributed by atoms with Crippen molar-refractivity contribution in [3.8, 4) is 23.0 Å². The smallest absolute Gasteiger partial charge is 0.145 e. The maximum Gasteiger partial charge on any atom is 0.145 e. The van der Waals surface area contributed by atoms with Crippen LogP contribution in [0.15, 0.2) is 217 Å². The predicted octanol–water partition coefficient (Wildman–Crippen LogP) is 15.3. The lowest BCUT2D eigenvalue weighted by molar-refractivity contribution is 0.455. The summed E-state index contributed by atoms with van der Waals surface area (Å²) in [5, 5.41) is 4.37. The quantitative estimate of drug-likeness (QED) is 0.138. The van der Waals surface area contributed by atoms with Crippen molar-refractivity contribution in [3.63, 3.8) is 0 Å². The highest BCUT2D eigenvalue weighted by Gasteiger charge is 2.20. The second kappa shape index (κ2) is 15.3. The van der Waals surface area contributed by atoms with Crippen LogP contribution in [0.25, 0.3) is 21.5 Å². The minimum atomic E-state index is 0.640. The van der Waals surface area contributed by atoms with Crippen LogP contribution in [0.3, 0.4) is 0 Å². The van der Waals surface area contributed by atoms with E-state index in [0.717, 1.165) is 55.7 Å². The maximum absolute atomic E-state index is 6.74. The van der Waals surface area contributed by atoms with Gasteiger partial charge in [0.2, 0.25) is 0 Å². The van der Waals surface area contributed by atoms with Gasteiger partial charge in [-0.2, -0.15) is 0 Å². The summed E-state index contributed by atoms with van der Waals surface area (Å²) in [6.07, 6.45) is 0. The minimum Gasteiger partial charge on any atom is -0.456 e. The third-order valence-electron chi connectivity index (χ3n) is 9.55. The molecule has 0 radical (unpaired) electrons. The van der Waals surface area contributed by atoms with Gasteiger partial charge in [0.05, 0.1) is 11.4 Å². The van der Waals surface area contributed by atoms with Gasteiger partial charge >= 0.3 is 0 Å². The fraction of sp³-hybridized carbons (Fsp3) is 0. The molecule has 0 N–H and O–H groups in total. The topological polar surface area (TPSA) is 24.9 Å². The van der Waals surface area contributed by atoms with Crippen molar-refractivity contribution in [1.29, 1.82) is 0 Å². The van der Waals surface area contributed by atoms with Gasteiger partial charge in [-0.25, -0.2) is 0 Å². The SMILES string of the molecule is Brc1c(Oc2cc(N(c3ccccc3)c3ccccc3)c3ccccc3c2)cccc1Oc1cc(N(c2ccccc2)c2ccccc2)c2ccccc2c1. The van der Waals surface area contributed by atoms with E-state index in [4.69, 9.17) is 9.47 Å². The lowest BCUT2D eigenvalue weighted by atomic mass is 10.1. The van der Waals surface area contributed by atoms with Gasteiger partial charge in [0, 0.05) is 45.7 Å². The molecule has 0 bridgehead atoms. The number of fused-ring (bicyclic) bond motifs is 2. The van der Waals surface area contributed by atoms with Gasteiger partial charge in [-0.1, -0.05) is 127 Å². The van der Waals surface area contributed by atoms with Gasteiger partial charge in [-0.05, 0) is 99.5 Å². The van der Waals surface area contributed by atoms with E-state index in [1.807, 2.05) is 42.5 Å². The Morgan fingerprint density at radius 2 is 0.655 bits per heavy atom. The Morgan fingerprint density at radius 1 is 0.327 bits per heavy atom. The van der Waals surface area contributed by atoms with E-state index in [0.29, 0.717) is 27.5 Å². The third-order valence-corrected chi connectivity index (χ3v) is 10.3. The van der Waals surface area contributed by atoms with Crippen molar-refractivity contribution in [2.24, 2.45) is 0 Å². The Bertz CT molecular complexity index is 2460. The zero-order chi connectivity index (χ0) is 37.0. The number of hydrogen-bond donors (Lipinski definition) is 0. The summed E-state index contributed by atoms with van der Waals surface area (Å²) >= 11 is 3.87. The standard InChI is InChI=1S/C50H35BrN2O2/c51-50-48(54-42-32-36-18-13-15-28-44(36)46(34-42)52(38-20-5-1-6-21-38)39-22-7-2-8-23-39)30-17-31-49(50)55-43-33-37-19-14-16-29-45(37)47(35-43)53(40-24-9-3-10-25-40)41-26-11-4-12-27-41/h1-35H. The number of para-hydroxylation sites is 4. The first-order valence-electron chi connectivity index (χ1n) is 18.2. The summed E-state index contributed by atoms with van der Waals surface area (Å²) in [7, 11) is 0. The van der Waals surface area contributed by atoms with Crippen LogP contribution < -0.4 is 19.3 Å². The van der Waals surface area contributed by atoms with Crippen molar-refractivity contribution in [1.82, 2.24) is 0 Å². The number of rotatable bonds is 10. The van der Waals surface area contributed by atoms with Crippen molar-refractivity contribution in [2.45, 2.75) is 0 Å². The average molecular weight is 776 g/mol. The Morgan fingerprint density at radius 3 is 1.02 bits per heavy atom. The van der Waals surface area contributed by atoms with E-state index >= 15 is 0 Å². The molecule has 0 amide bonds. The zero-order valence-corrected chi connectivity index (χ0v) is 31.4. The lowest BCUT2D eigenvalue weighted by Crippen LogP contribution is -2.10. The highest BCUT2D eigenvalue weighted by Crippen LogP contribution is 2.46. The van der Waals surface area contributed by atoms with Gasteiger partial charge in [-0.15, -0.1) is 0 Å². The maximum atomic E-state index is 6.74. The molecule has 264 valence electrons. The fourth-order valence-electron chi connectivity index (χ4n) is 7.08. The Kier molecular flexibility index (Phi) is 9.43. The first-order chi connectivity index (χ1) is 27.2. The monoisotopic (exact) mass is 774 g/mol. The Balaban J connectivity index is 1.10. The number of halogens is 1. The molecule has 0 fully saturated rings. The van der Waals surface area contributed by atoms with Gasteiger partial charge in [-0.3, -0.25) is 0 Å². The van der Waals surface area contributed by atoms with Crippen LogP contribution >= 0.6 is 15.9 Å². The molecule has 9 aromatic rings. The highest BCUT2D eigenvalue weighted by molar-refractivity contribution is 9.10. The van der Waals surface area contributed by atoms with Crippen molar-refractivity contribution < 1.29 is 9.47 Å². The second-order valence-electron chi connectivity index (χ2n) is 13.1. The molecule has 4 nitrogen and oxygen atoms in total. The first-order valence-corrected chi connectivity index (χ1v) is 19.0. The molecule has 0 saturated heterocycles. The summed E-state index contributed by atoms with van der Waals surface area (Å²) in [5.74, 6) is 2.69. The van der Waals surface area contributed by atoms with Gasteiger partial charge in [0.25, 0.3) is 0 Å². The lowest BCUT2D eigenvalue weighted by Gasteiger charge is -2.27. The van der Waals surface area contributed by atoms with Gasteiger partial charge < -0.3 is 19.3 Å². The van der Waals surface area contributed by atoms with E-state index in [9.17, 15) is 0 Å². The van der Waals surface area contributed by atoms with E-state index in [1.165, 1.54) is 0 Å². The zero-order valence-electron chi connectivity index (χ0n) is 29.8. The predicted molar refractivity (Wildman–Crippen MR) is 232 cm³/mol. The number of ether oxygens (including phenoxy) is 2. The molecule has 5 heteroatoms. The molecule has 55 heavy (non-hydrogen) atoms. The van der Waals surface area contributed by atoms with Crippen molar-refractivity contribution in [3.05, 3.63) is 217 Å². The molecule has 0 heterocycles. The molecule has 0 aromatic heterocycles. The van der Waals surface area contributed by atoms with Crippen molar-refractivity contribution >= 4 is 71.6 Å². The molecule has 0 spiro atoms. The van der Waals surface area contributed by atoms with Gasteiger partial charge in [0.15, 0.2) is 0 Å².